The van der Waals surface area contributed by atoms with Crippen LogP contribution in [-0.2, 0) is 4.74 Å². The number of non-ortho nitro benzene ring substituents is 2. The molecule has 146 valence electrons. The summed E-state index contributed by atoms with van der Waals surface area (Å²) in [6.45, 7) is 0. The summed E-state index contributed by atoms with van der Waals surface area (Å²) in [7, 11) is 4.37. The number of esters is 1. The molecule has 0 N–H and O–H groups in total. The van der Waals surface area contributed by atoms with Crippen molar-refractivity contribution in [1.82, 2.24) is 4.90 Å². The molecule has 10 nitrogen and oxygen atoms in total. The summed E-state index contributed by atoms with van der Waals surface area (Å²) in [5.74, 6) is -0.793. The van der Waals surface area contributed by atoms with Crippen LogP contribution in [0.3, 0.4) is 0 Å². The standard InChI is InChI=1S/C19H14N4O6/c1-21(2)16(9-20)18-13-6-10(22(25)26)4-5-12(13)17-14(18)7-11(23(27)28)8-15(17)19(24)29-3/h4-8H,1-3H3. The molecule has 0 radical (unpaired) electrons. The average Bonchev–Trinajstić information content (AvgIpc) is 3.00. The van der Waals surface area contributed by atoms with Gasteiger partial charge in [0.05, 0.1) is 22.5 Å². The second kappa shape index (κ2) is 7.05. The van der Waals surface area contributed by atoms with Gasteiger partial charge < -0.3 is 9.64 Å². The third kappa shape index (κ3) is 3.04. The van der Waals surface area contributed by atoms with Crippen LogP contribution in [-0.4, -0.2) is 41.9 Å². The Labute approximate surface area is 164 Å². The fraction of sp³-hybridized carbons (Fsp3) is 0.158. The van der Waals surface area contributed by atoms with Crippen LogP contribution < -0.4 is 0 Å². The van der Waals surface area contributed by atoms with Crippen molar-refractivity contribution < 1.29 is 19.4 Å². The van der Waals surface area contributed by atoms with Crippen molar-refractivity contribution >= 4 is 22.9 Å². The van der Waals surface area contributed by atoms with E-state index in [1.807, 2.05) is 6.07 Å². The zero-order chi connectivity index (χ0) is 21.5. The van der Waals surface area contributed by atoms with Gasteiger partial charge in [0.2, 0.25) is 0 Å². The quantitative estimate of drug-likeness (QED) is 0.284. The number of nitro groups is 2. The van der Waals surface area contributed by atoms with Crippen LogP contribution in [0.2, 0.25) is 0 Å². The first-order valence-electron chi connectivity index (χ1n) is 8.23. The summed E-state index contributed by atoms with van der Waals surface area (Å²) in [6.07, 6.45) is 0. The minimum absolute atomic E-state index is 0.0575. The lowest BCUT2D eigenvalue weighted by Gasteiger charge is -2.15. The molecule has 0 amide bonds. The predicted molar refractivity (Wildman–Crippen MR) is 102 cm³/mol. The number of ether oxygens (including phenoxy) is 1. The molecule has 2 aromatic carbocycles. The van der Waals surface area contributed by atoms with Crippen molar-refractivity contribution in [3.63, 3.8) is 0 Å². The lowest BCUT2D eigenvalue weighted by Crippen LogP contribution is -2.12. The molecule has 0 saturated heterocycles. The van der Waals surface area contributed by atoms with Gasteiger partial charge in [-0.15, -0.1) is 0 Å². The molecule has 3 rings (SSSR count). The Morgan fingerprint density at radius 3 is 2.17 bits per heavy atom. The molecule has 0 bridgehead atoms. The minimum Gasteiger partial charge on any atom is -0.465 e. The Balaban J connectivity index is 2.53. The van der Waals surface area contributed by atoms with Crippen molar-refractivity contribution in [3.8, 4) is 17.2 Å². The molecule has 0 fully saturated rings. The molecule has 0 aromatic heterocycles. The molecule has 29 heavy (non-hydrogen) atoms. The molecular weight excluding hydrogens is 380 g/mol. The minimum atomic E-state index is -0.793. The van der Waals surface area contributed by atoms with E-state index < -0.39 is 15.8 Å². The van der Waals surface area contributed by atoms with Gasteiger partial charge >= 0.3 is 5.97 Å². The molecule has 0 aliphatic heterocycles. The van der Waals surface area contributed by atoms with Gasteiger partial charge in [-0.05, 0) is 17.2 Å². The van der Waals surface area contributed by atoms with E-state index in [1.54, 1.807) is 14.1 Å². The number of fused-ring (bicyclic) bond motifs is 3. The molecule has 0 atom stereocenters. The smallest absolute Gasteiger partial charge is 0.338 e. The summed E-state index contributed by atoms with van der Waals surface area (Å²) >= 11 is 0. The highest BCUT2D eigenvalue weighted by Crippen LogP contribution is 2.50. The van der Waals surface area contributed by atoms with Gasteiger partial charge in [-0.2, -0.15) is 5.26 Å². The fourth-order valence-corrected chi connectivity index (χ4v) is 3.34. The maximum absolute atomic E-state index is 12.4. The highest BCUT2D eigenvalue weighted by molar-refractivity contribution is 6.11. The molecule has 1 aliphatic rings. The molecule has 0 unspecified atom stereocenters. The van der Waals surface area contributed by atoms with Crippen molar-refractivity contribution in [2.45, 2.75) is 0 Å². The number of carbonyl (C=O) groups excluding carboxylic acids is 1. The third-order valence-electron chi connectivity index (χ3n) is 4.55. The summed E-state index contributed by atoms with van der Waals surface area (Å²) in [5, 5.41) is 32.4. The molecular formula is C19H14N4O6. The first-order valence-corrected chi connectivity index (χ1v) is 8.23. The Kier molecular flexibility index (Phi) is 4.74. The van der Waals surface area contributed by atoms with Crippen molar-refractivity contribution in [2.75, 3.05) is 21.2 Å². The number of hydrogen-bond acceptors (Lipinski definition) is 8. The molecule has 10 heteroatoms. The van der Waals surface area contributed by atoms with Crippen LogP contribution in [0.25, 0.3) is 16.7 Å². The number of nitrogens with zero attached hydrogens (tertiary/aromatic N) is 4. The van der Waals surface area contributed by atoms with E-state index in [9.17, 15) is 30.3 Å². The van der Waals surface area contributed by atoms with Gasteiger partial charge in [0.1, 0.15) is 11.8 Å². The molecule has 0 saturated carbocycles. The largest absolute Gasteiger partial charge is 0.465 e. The van der Waals surface area contributed by atoms with E-state index in [-0.39, 0.29) is 33.8 Å². The van der Waals surface area contributed by atoms with E-state index in [0.717, 1.165) is 13.2 Å². The Bertz CT molecular complexity index is 1160. The first-order chi connectivity index (χ1) is 13.7. The van der Waals surface area contributed by atoms with Gasteiger partial charge in [-0.25, -0.2) is 4.79 Å². The van der Waals surface area contributed by atoms with Crippen LogP contribution in [0.4, 0.5) is 11.4 Å². The molecule has 0 heterocycles. The summed E-state index contributed by atoms with van der Waals surface area (Å²) < 4.78 is 4.78. The number of nitriles is 1. The van der Waals surface area contributed by atoms with Crippen molar-refractivity contribution in [2.24, 2.45) is 0 Å². The van der Waals surface area contributed by atoms with Crippen LogP contribution in [0.15, 0.2) is 36.0 Å². The van der Waals surface area contributed by atoms with E-state index >= 15 is 0 Å². The molecule has 2 aromatic rings. The lowest BCUT2D eigenvalue weighted by molar-refractivity contribution is -0.385. The van der Waals surface area contributed by atoms with Crippen LogP contribution in [0, 0.1) is 31.6 Å². The highest BCUT2D eigenvalue weighted by atomic mass is 16.6. The Morgan fingerprint density at radius 2 is 1.66 bits per heavy atom. The van der Waals surface area contributed by atoms with Gasteiger partial charge in [0, 0.05) is 55.1 Å². The monoisotopic (exact) mass is 394 g/mol. The van der Waals surface area contributed by atoms with Crippen LogP contribution in [0.5, 0.6) is 0 Å². The zero-order valence-corrected chi connectivity index (χ0v) is 15.6. The second-order valence-electron chi connectivity index (χ2n) is 6.38. The maximum Gasteiger partial charge on any atom is 0.338 e. The third-order valence-corrected chi connectivity index (χ3v) is 4.55. The number of carbonyl (C=O) groups is 1. The molecule has 0 spiro atoms. The number of methoxy groups -OCH3 is 1. The summed E-state index contributed by atoms with van der Waals surface area (Å²) in [4.78, 5) is 35.3. The summed E-state index contributed by atoms with van der Waals surface area (Å²) in [5.41, 5.74) is 1.17. The lowest BCUT2D eigenvalue weighted by atomic mass is 9.97. The van der Waals surface area contributed by atoms with Gasteiger partial charge in [0.25, 0.3) is 11.4 Å². The van der Waals surface area contributed by atoms with Crippen molar-refractivity contribution in [3.05, 3.63) is 72.9 Å². The van der Waals surface area contributed by atoms with Gasteiger partial charge in [0.15, 0.2) is 0 Å². The number of benzene rings is 2. The number of nitro benzene ring substituents is 2. The zero-order valence-electron chi connectivity index (χ0n) is 15.6. The van der Waals surface area contributed by atoms with E-state index in [4.69, 9.17) is 4.74 Å². The second-order valence-corrected chi connectivity index (χ2v) is 6.38. The van der Waals surface area contributed by atoms with Crippen LogP contribution >= 0.6 is 0 Å². The number of hydrogen-bond donors (Lipinski definition) is 0. The number of allylic oxidation sites excluding steroid dienone is 1. The van der Waals surface area contributed by atoms with E-state index in [2.05, 4.69) is 0 Å². The normalized spacial score (nSPS) is 13.0. The van der Waals surface area contributed by atoms with Crippen molar-refractivity contribution in [1.29, 1.82) is 5.26 Å². The Hall–Kier alpha value is -4.26. The number of rotatable bonds is 4. The first kappa shape index (κ1) is 19.5. The Morgan fingerprint density at radius 1 is 1.03 bits per heavy atom. The van der Waals surface area contributed by atoms with Gasteiger partial charge in [-0.1, -0.05) is 0 Å². The van der Waals surface area contributed by atoms with Crippen LogP contribution in [0.1, 0.15) is 21.5 Å². The van der Waals surface area contributed by atoms with Gasteiger partial charge in [-0.3, -0.25) is 20.2 Å². The maximum atomic E-state index is 12.4. The van der Waals surface area contributed by atoms with E-state index in [1.165, 1.54) is 29.2 Å². The highest BCUT2D eigenvalue weighted by Gasteiger charge is 2.35. The predicted octanol–water partition coefficient (Wildman–Crippen LogP) is 3.11. The SMILES string of the molecule is COC(=O)c1cc([N+](=O)[O-])cc2c1-c1ccc([N+](=O)[O-])cc1C2=C(C#N)N(C)C. The molecule has 1 aliphatic carbocycles. The summed E-state index contributed by atoms with van der Waals surface area (Å²) in [6, 6.07) is 8.41. The topological polar surface area (TPSA) is 140 Å². The van der Waals surface area contributed by atoms with E-state index in [0.29, 0.717) is 16.7 Å². The average molecular weight is 394 g/mol. The fourth-order valence-electron chi connectivity index (χ4n) is 3.34.